The fourth-order valence-electron chi connectivity index (χ4n) is 4.08. The fraction of sp³-hybridized carbons (Fsp3) is 0.765. The van der Waals surface area contributed by atoms with Gasteiger partial charge in [0.2, 0.25) is 5.91 Å². The SMILES string of the molecule is Cc1cc(CCNC(=O)C2NCCC3CCCCC32)nn1C. The van der Waals surface area contributed by atoms with Crippen LogP contribution >= 0.6 is 0 Å². The Balaban J connectivity index is 1.50. The molecule has 3 atom stereocenters. The summed E-state index contributed by atoms with van der Waals surface area (Å²) in [5.41, 5.74) is 2.20. The van der Waals surface area contributed by atoms with E-state index in [2.05, 4.69) is 21.8 Å². The van der Waals surface area contributed by atoms with E-state index in [0.717, 1.165) is 30.3 Å². The monoisotopic (exact) mass is 304 g/mol. The average molecular weight is 304 g/mol. The van der Waals surface area contributed by atoms with Crippen LogP contribution in [0.4, 0.5) is 0 Å². The number of carbonyl (C=O) groups excluding carboxylic acids is 1. The van der Waals surface area contributed by atoms with Crippen molar-refractivity contribution in [3.8, 4) is 0 Å². The van der Waals surface area contributed by atoms with Crippen LogP contribution in [0.3, 0.4) is 0 Å². The van der Waals surface area contributed by atoms with Gasteiger partial charge in [0, 0.05) is 25.7 Å². The predicted octanol–water partition coefficient (Wildman–Crippen LogP) is 1.56. The minimum atomic E-state index is 0.0181. The molecule has 22 heavy (non-hydrogen) atoms. The van der Waals surface area contributed by atoms with Crippen LogP contribution in [0.25, 0.3) is 0 Å². The Labute approximate surface area is 132 Å². The molecule has 1 saturated heterocycles. The fourth-order valence-corrected chi connectivity index (χ4v) is 4.08. The van der Waals surface area contributed by atoms with Crippen LogP contribution in [0.15, 0.2) is 6.07 Å². The molecule has 0 bridgehead atoms. The van der Waals surface area contributed by atoms with Gasteiger partial charge in [0.1, 0.15) is 0 Å². The van der Waals surface area contributed by atoms with Crippen molar-refractivity contribution in [3.63, 3.8) is 0 Å². The Kier molecular flexibility index (Phi) is 4.81. The van der Waals surface area contributed by atoms with E-state index in [0.29, 0.717) is 12.5 Å². The van der Waals surface area contributed by atoms with E-state index < -0.39 is 0 Å². The van der Waals surface area contributed by atoms with Crippen LogP contribution in [0.5, 0.6) is 0 Å². The van der Waals surface area contributed by atoms with E-state index in [1.165, 1.54) is 32.1 Å². The summed E-state index contributed by atoms with van der Waals surface area (Å²) in [7, 11) is 1.95. The van der Waals surface area contributed by atoms with Crippen molar-refractivity contribution in [2.45, 2.75) is 51.5 Å². The molecule has 1 aliphatic carbocycles. The first-order chi connectivity index (χ1) is 10.6. The molecule has 1 aromatic heterocycles. The summed E-state index contributed by atoms with van der Waals surface area (Å²) in [5, 5.41) is 11.0. The summed E-state index contributed by atoms with van der Waals surface area (Å²) in [4.78, 5) is 12.5. The molecule has 1 aromatic rings. The number of hydrogen-bond acceptors (Lipinski definition) is 3. The third-order valence-electron chi connectivity index (χ3n) is 5.40. The molecule has 0 radical (unpaired) electrons. The van der Waals surface area contributed by atoms with E-state index in [4.69, 9.17) is 0 Å². The molecule has 2 N–H and O–H groups in total. The molecule has 5 heteroatoms. The normalized spacial score (nSPS) is 28.2. The van der Waals surface area contributed by atoms with Crippen molar-refractivity contribution in [1.29, 1.82) is 0 Å². The molecule has 0 aromatic carbocycles. The minimum Gasteiger partial charge on any atom is -0.354 e. The number of aryl methyl sites for hydroxylation is 2. The lowest BCUT2D eigenvalue weighted by atomic mass is 9.71. The molecule has 1 aliphatic heterocycles. The standard InChI is InChI=1S/C17H28N4O/c1-12-11-14(20-21(12)2)8-10-19-17(22)16-15-6-4-3-5-13(15)7-9-18-16/h11,13,15-16,18H,3-10H2,1-2H3,(H,19,22). The summed E-state index contributed by atoms with van der Waals surface area (Å²) in [6.07, 6.45) is 7.17. The van der Waals surface area contributed by atoms with Crippen LogP contribution in [0, 0.1) is 18.8 Å². The van der Waals surface area contributed by atoms with Crippen molar-refractivity contribution < 1.29 is 4.79 Å². The van der Waals surface area contributed by atoms with E-state index in [-0.39, 0.29) is 11.9 Å². The molecule has 2 aliphatic rings. The van der Waals surface area contributed by atoms with Gasteiger partial charge in [-0.1, -0.05) is 19.3 Å². The Morgan fingerprint density at radius 2 is 2.23 bits per heavy atom. The number of hydrogen-bond donors (Lipinski definition) is 2. The molecule has 0 spiro atoms. The molecule has 1 amide bonds. The lowest BCUT2D eigenvalue weighted by Gasteiger charge is -2.41. The number of piperidine rings is 1. The highest BCUT2D eigenvalue weighted by Gasteiger charge is 2.38. The number of nitrogens with one attached hydrogen (secondary N) is 2. The van der Waals surface area contributed by atoms with Gasteiger partial charge in [-0.2, -0.15) is 5.10 Å². The van der Waals surface area contributed by atoms with E-state index in [1.807, 2.05) is 18.7 Å². The Hall–Kier alpha value is -1.36. The third kappa shape index (κ3) is 3.35. The Morgan fingerprint density at radius 3 is 3.00 bits per heavy atom. The number of fused-ring (bicyclic) bond motifs is 1. The Bertz CT molecular complexity index is 503. The molecule has 2 heterocycles. The van der Waals surface area contributed by atoms with Gasteiger partial charge in [0.05, 0.1) is 11.7 Å². The van der Waals surface area contributed by atoms with Crippen molar-refractivity contribution in [3.05, 3.63) is 17.5 Å². The highest BCUT2D eigenvalue weighted by atomic mass is 16.2. The second kappa shape index (κ2) is 6.82. The molecule has 122 valence electrons. The summed E-state index contributed by atoms with van der Waals surface area (Å²) in [6.45, 7) is 3.70. The zero-order valence-electron chi connectivity index (χ0n) is 13.8. The van der Waals surface area contributed by atoms with Crippen molar-refractivity contribution in [2.24, 2.45) is 18.9 Å². The maximum Gasteiger partial charge on any atom is 0.237 e. The zero-order chi connectivity index (χ0) is 15.5. The van der Waals surface area contributed by atoms with Crippen molar-refractivity contribution >= 4 is 5.91 Å². The van der Waals surface area contributed by atoms with Gasteiger partial charge in [-0.15, -0.1) is 0 Å². The van der Waals surface area contributed by atoms with E-state index in [1.54, 1.807) is 0 Å². The maximum absolute atomic E-state index is 12.5. The molecular weight excluding hydrogens is 276 g/mol. The number of nitrogens with zero attached hydrogens (tertiary/aromatic N) is 2. The molecule has 1 saturated carbocycles. The van der Waals surface area contributed by atoms with Crippen LogP contribution in [0.2, 0.25) is 0 Å². The minimum absolute atomic E-state index is 0.0181. The summed E-state index contributed by atoms with van der Waals surface area (Å²) in [6, 6.07) is 2.10. The van der Waals surface area contributed by atoms with Gasteiger partial charge >= 0.3 is 0 Å². The lowest BCUT2D eigenvalue weighted by Crippen LogP contribution is -2.55. The van der Waals surface area contributed by atoms with Crippen LogP contribution in [0.1, 0.15) is 43.5 Å². The van der Waals surface area contributed by atoms with E-state index >= 15 is 0 Å². The van der Waals surface area contributed by atoms with Crippen molar-refractivity contribution in [1.82, 2.24) is 20.4 Å². The van der Waals surface area contributed by atoms with Crippen LogP contribution in [-0.2, 0) is 18.3 Å². The number of rotatable bonds is 4. The summed E-state index contributed by atoms with van der Waals surface area (Å²) >= 11 is 0. The lowest BCUT2D eigenvalue weighted by molar-refractivity contribution is -0.126. The first-order valence-corrected chi connectivity index (χ1v) is 8.66. The van der Waals surface area contributed by atoms with Gasteiger partial charge in [-0.3, -0.25) is 9.48 Å². The van der Waals surface area contributed by atoms with Gasteiger partial charge < -0.3 is 10.6 Å². The Morgan fingerprint density at radius 1 is 1.41 bits per heavy atom. The smallest absolute Gasteiger partial charge is 0.237 e. The molecule has 3 rings (SSSR count). The highest BCUT2D eigenvalue weighted by molar-refractivity contribution is 5.82. The molecular formula is C17H28N4O. The van der Waals surface area contributed by atoms with Gasteiger partial charge in [0.25, 0.3) is 0 Å². The highest BCUT2D eigenvalue weighted by Crippen LogP contribution is 2.36. The topological polar surface area (TPSA) is 59.0 Å². The van der Waals surface area contributed by atoms with Gasteiger partial charge in [0.15, 0.2) is 0 Å². The van der Waals surface area contributed by atoms with Gasteiger partial charge in [-0.05, 0) is 44.2 Å². The second-order valence-corrected chi connectivity index (χ2v) is 6.87. The summed E-state index contributed by atoms with van der Waals surface area (Å²) < 4.78 is 1.88. The second-order valence-electron chi connectivity index (χ2n) is 6.87. The maximum atomic E-state index is 12.5. The molecule has 2 fully saturated rings. The third-order valence-corrected chi connectivity index (χ3v) is 5.40. The quantitative estimate of drug-likeness (QED) is 0.887. The summed E-state index contributed by atoms with van der Waals surface area (Å²) in [5.74, 6) is 1.48. The predicted molar refractivity (Wildman–Crippen MR) is 86.5 cm³/mol. The first kappa shape index (κ1) is 15.5. The molecule has 5 nitrogen and oxygen atoms in total. The largest absolute Gasteiger partial charge is 0.354 e. The van der Waals surface area contributed by atoms with Crippen LogP contribution < -0.4 is 10.6 Å². The van der Waals surface area contributed by atoms with Gasteiger partial charge in [-0.25, -0.2) is 0 Å². The first-order valence-electron chi connectivity index (χ1n) is 8.66. The van der Waals surface area contributed by atoms with Crippen molar-refractivity contribution in [2.75, 3.05) is 13.1 Å². The number of aromatic nitrogens is 2. The number of amides is 1. The van der Waals surface area contributed by atoms with E-state index in [9.17, 15) is 4.79 Å². The van der Waals surface area contributed by atoms with Crippen LogP contribution in [-0.4, -0.2) is 34.8 Å². The molecule has 3 unspecified atom stereocenters. The average Bonchev–Trinajstić information content (AvgIpc) is 2.85. The number of carbonyl (C=O) groups is 1. The zero-order valence-corrected chi connectivity index (χ0v) is 13.8.